The Labute approximate surface area is 247 Å². The highest BCUT2D eigenvalue weighted by Crippen LogP contribution is 2.36. The van der Waals surface area contributed by atoms with Gasteiger partial charge >= 0.3 is 0 Å². The average Bonchev–Trinajstić information content (AvgIpc) is 3.32. The van der Waals surface area contributed by atoms with Crippen LogP contribution in [0.2, 0.25) is 0 Å². The lowest BCUT2D eigenvalue weighted by atomic mass is 10.1. The molecule has 0 atom stereocenters. The van der Waals surface area contributed by atoms with E-state index in [0.717, 1.165) is 47.5 Å². The summed E-state index contributed by atoms with van der Waals surface area (Å²) in [5.74, 6) is 0.538. The number of rotatable bonds is 14. The molecule has 3 heterocycles. The lowest BCUT2D eigenvalue weighted by molar-refractivity contribution is -0.115. The summed E-state index contributed by atoms with van der Waals surface area (Å²) in [7, 11) is 3.56. The summed E-state index contributed by atoms with van der Waals surface area (Å²) in [4.78, 5) is 23.8. The number of benzene rings is 1. The summed E-state index contributed by atoms with van der Waals surface area (Å²) in [5.41, 5.74) is 5.25. The largest absolute Gasteiger partial charge is 0.495 e. The van der Waals surface area contributed by atoms with E-state index in [4.69, 9.17) is 14.5 Å². The number of hydrogen-bond donors (Lipinski definition) is 3. The second kappa shape index (κ2) is 14.6. The summed E-state index contributed by atoms with van der Waals surface area (Å²) in [6, 6.07) is 10.6. The first kappa shape index (κ1) is 30.7. The van der Waals surface area contributed by atoms with Gasteiger partial charge in [0.05, 0.1) is 37.4 Å². The van der Waals surface area contributed by atoms with E-state index < -0.39 is 0 Å². The topological polar surface area (TPSA) is 106 Å². The van der Waals surface area contributed by atoms with E-state index in [-0.39, 0.29) is 5.91 Å². The molecule has 1 amide bonds. The number of nitrogens with zero attached hydrogens (tertiary/aromatic N) is 4. The van der Waals surface area contributed by atoms with E-state index >= 15 is 0 Å². The number of methoxy groups -OCH3 is 1. The summed E-state index contributed by atoms with van der Waals surface area (Å²) in [6.45, 7) is 15.8. The van der Waals surface area contributed by atoms with Crippen molar-refractivity contribution in [3.05, 3.63) is 90.8 Å². The molecule has 0 saturated carbocycles. The third-order valence-electron chi connectivity index (χ3n) is 6.88. The smallest absolute Gasteiger partial charge is 0.247 e. The predicted molar refractivity (Wildman–Crippen MR) is 168 cm³/mol. The van der Waals surface area contributed by atoms with Crippen LogP contribution in [0.25, 0.3) is 22.2 Å². The van der Waals surface area contributed by atoms with Crippen LogP contribution in [0.15, 0.2) is 85.1 Å². The minimum absolute atomic E-state index is 0.308. The Morgan fingerprint density at radius 1 is 1.24 bits per heavy atom. The zero-order valence-corrected chi connectivity index (χ0v) is 24.9. The molecule has 3 aromatic rings. The van der Waals surface area contributed by atoms with Crippen molar-refractivity contribution in [2.45, 2.75) is 33.0 Å². The Morgan fingerprint density at radius 3 is 2.79 bits per heavy atom. The molecule has 0 unspecified atom stereocenters. The van der Waals surface area contributed by atoms with Crippen molar-refractivity contribution in [1.29, 1.82) is 0 Å². The van der Waals surface area contributed by atoms with Crippen molar-refractivity contribution >= 4 is 22.8 Å². The van der Waals surface area contributed by atoms with Gasteiger partial charge in [0.1, 0.15) is 5.76 Å². The number of hydrogen-bond acceptors (Lipinski definition) is 8. The van der Waals surface area contributed by atoms with E-state index in [1.54, 1.807) is 19.4 Å². The molecular formula is C32H41N7O3. The Hall–Kier alpha value is -4.25. The Balaban J connectivity index is 1.68. The number of likely N-dealkylation sites (N-methyl/N-ethyl adjacent to an activating group) is 1. The molecule has 1 aliphatic heterocycles. The van der Waals surface area contributed by atoms with Crippen molar-refractivity contribution in [3.8, 4) is 11.3 Å². The van der Waals surface area contributed by atoms with E-state index in [1.807, 2.05) is 31.3 Å². The number of fused-ring (bicyclic) bond motifs is 3. The Morgan fingerprint density at radius 2 is 2.05 bits per heavy atom. The molecule has 4 rings (SSSR count). The summed E-state index contributed by atoms with van der Waals surface area (Å²) in [6.07, 6.45) is 6.38. The van der Waals surface area contributed by atoms with Crippen molar-refractivity contribution in [2.75, 3.05) is 45.7 Å². The molecule has 0 aliphatic carbocycles. The number of carbonyl (C=O) groups is 1. The van der Waals surface area contributed by atoms with Crippen LogP contribution in [0.1, 0.15) is 19.5 Å². The quantitative estimate of drug-likeness (QED) is 0.150. The lowest BCUT2D eigenvalue weighted by Crippen LogP contribution is -2.36. The van der Waals surface area contributed by atoms with Crippen molar-refractivity contribution in [2.24, 2.45) is 0 Å². The summed E-state index contributed by atoms with van der Waals surface area (Å²) >= 11 is 0. The van der Waals surface area contributed by atoms with Crippen LogP contribution in [0.3, 0.4) is 0 Å². The monoisotopic (exact) mass is 571 g/mol. The molecule has 0 spiro atoms. The molecule has 42 heavy (non-hydrogen) atoms. The normalized spacial score (nSPS) is 14.0. The Bertz CT molecular complexity index is 1490. The number of aromatic nitrogens is 3. The first-order chi connectivity index (χ1) is 20.3. The van der Waals surface area contributed by atoms with Crippen LogP contribution in [0.5, 0.6) is 0 Å². The highest BCUT2D eigenvalue weighted by molar-refractivity contribution is 5.97. The van der Waals surface area contributed by atoms with Gasteiger partial charge in [-0.05, 0) is 37.4 Å². The molecular weight excluding hydrogens is 530 g/mol. The molecule has 0 radical (unpaired) electrons. The fourth-order valence-electron chi connectivity index (χ4n) is 4.94. The summed E-state index contributed by atoms with van der Waals surface area (Å²) < 4.78 is 13.7. The third-order valence-corrected chi connectivity index (χ3v) is 6.88. The Kier molecular flexibility index (Phi) is 10.7. The van der Waals surface area contributed by atoms with Gasteiger partial charge in [-0.2, -0.15) is 0 Å². The van der Waals surface area contributed by atoms with Crippen molar-refractivity contribution < 1.29 is 14.3 Å². The van der Waals surface area contributed by atoms with Crippen LogP contribution in [-0.4, -0.2) is 71.8 Å². The maximum atomic E-state index is 12.3. The number of ether oxygens (including phenoxy) is 2. The van der Waals surface area contributed by atoms with E-state index in [0.29, 0.717) is 48.9 Å². The third kappa shape index (κ3) is 7.52. The van der Waals surface area contributed by atoms with Gasteiger partial charge in [0.25, 0.3) is 0 Å². The number of allylic oxidation sites excluding steroid dienone is 2. The fourth-order valence-corrected chi connectivity index (χ4v) is 4.94. The maximum absolute atomic E-state index is 12.3. The first-order valence-corrected chi connectivity index (χ1v) is 14.1. The van der Waals surface area contributed by atoms with Gasteiger partial charge in [0, 0.05) is 60.6 Å². The molecule has 10 heteroatoms. The maximum Gasteiger partial charge on any atom is 0.247 e. The van der Waals surface area contributed by atoms with Crippen LogP contribution in [0.4, 0.5) is 5.95 Å². The minimum Gasteiger partial charge on any atom is -0.495 e. The van der Waals surface area contributed by atoms with Crippen LogP contribution in [-0.2, 0) is 27.4 Å². The van der Waals surface area contributed by atoms with E-state index in [1.165, 1.54) is 6.08 Å². The molecule has 1 aliphatic rings. The molecule has 10 nitrogen and oxygen atoms in total. The van der Waals surface area contributed by atoms with Crippen molar-refractivity contribution in [3.63, 3.8) is 0 Å². The number of para-hydroxylation sites is 1. The first-order valence-electron chi connectivity index (χ1n) is 14.1. The summed E-state index contributed by atoms with van der Waals surface area (Å²) in [5, 5.41) is 10.8. The second-order valence-corrected chi connectivity index (χ2v) is 10.3. The minimum atomic E-state index is -0.308. The fraction of sp³-hybridized carbons (Fsp3) is 0.344. The highest BCUT2D eigenvalue weighted by atomic mass is 16.5. The van der Waals surface area contributed by atoms with Gasteiger partial charge in [-0.3, -0.25) is 9.69 Å². The predicted octanol–water partition coefficient (Wildman–Crippen LogP) is 4.20. The van der Waals surface area contributed by atoms with Gasteiger partial charge in [-0.25, -0.2) is 9.97 Å². The number of anilines is 1. The molecule has 0 fully saturated rings. The van der Waals surface area contributed by atoms with Crippen LogP contribution >= 0.6 is 0 Å². The van der Waals surface area contributed by atoms with Gasteiger partial charge in [-0.15, -0.1) is 0 Å². The second-order valence-electron chi connectivity index (χ2n) is 10.3. The van der Waals surface area contributed by atoms with Crippen LogP contribution < -0.4 is 16.0 Å². The van der Waals surface area contributed by atoms with Crippen LogP contribution in [0, 0.1) is 0 Å². The molecule has 2 aromatic heterocycles. The molecule has 222 valence electrons. The zero-order chi connectivity index (χ0) is 30.1. The lowest BCUT2D eigenvalue weighted by Gasteiger charge is -2.21. The zero-order valence-electron chi connectivity index (χ0n) is 24.9. The van der Waals surface area contributed by atoms with Gasteiger partial charge < -0.3 is 30.0 Å². The van der Waals surface area contributed by atoms with Gasteiger partial charge in [-0.1, -0.05) is 45.2 Å². The SMILES string of the molecule is C=CC(=O)N/C(=C/C(Nc1nccc(-c2c3n(c4ccccc24)CCOC3)n1)=C(\C=C)OC)CN(C)CCNC(C)C. The highest BCUT2D eigenvalue weighted by Gasteiger charge is 2.22. The molecule has 1 aromatic carbocycles. The number of carbonyl (C=O) groups excluding carboxylic acids is 1. The van der Waals surface area contributed by atoms with Gasteiger partial charge in [0.15, 0.2) is 0 Å². The molecule has 0 bridgehead atoms. The van der Waals surface area contributed by atoms with E-state index in [2.05, 4.69) is 69.5 Å². The van der Waals surface area contributed by atoms with E-state index in [9.17, 15) is 4.79 Å². The average molecular weight is 572 g/mol. The number of nitrogens with one attached hydrogen (secondary N) is 3. The molecule has 3 N–H and O–H groups in total. The molecule has 0 saturated heterocycles. The standard InChI is InChI=1S/C32H41N7O3/c1-7-29(41-6)26(19-23(35-30(40)8-2)20-38(5)16-15-33-22(3)4)37-32-34-14-13-25(36-32)31-24-11-9-10-12-27(24)39-17-18-42-21-28(31)39/h7-14,19,22,33H,1-2,15-18,20-21H2,3-6H3,(H,35,40)(H,34,36,37)/b23-19+,29-26-. The van der Waals surface area contributed by atoms with Gasteiger partial charge in [0.2, 0.25) is 11.9 Å². The van der Waals surface area contributed by atoms with Crippen molar-refractivity contribution in [1.82, 2.24) is 30.1 Å². The number of amides is 1.